The number of carbonyl (C=O) groups is 2. The lowest BCUT2D eigenvalue weighted by Gasteiger charge is -2.36. The second-order valence-electron chi connectivity index (χ2n) is 9.97. The number of hydrogen-bond acceptors (Lipinski definition) is 5. The first-order valence-corrected chi connectivity index (χ1v) is 13.3. The minimum atomic E-state index is 0.140. The van der Waals surface area contributed by atoms with E-state index < -0.39 is 0 Å². The normalized spacial score (nSPS) is 22.4. The van der Waals surface area contributed by atoms with Crippen molar-refractivity contribution >= 4 is 29.2 Å². The molecule has 3 aliphatic rings. The number of carbonyl (C=O) groups excluding carboxylic acids is 2. The molecule has 1 aromatic carbocycles. The molecule has 1 aliphatic carbocycles. The molecule has 1 unspecified atom stereocenters. The Balaban J connectivity index is 1.04. The lowest BCUT2D eigenvalue weighted by Crippen LogP contribution is -2.49. The number of rotatable bonds is 6. The average Bonchev–Trinajstić information content (AvgIpc) is 3.40. The first-order valence-electron chi connectivity index (χ1n) is 12.4. The summed E-state index contributed by atoms with van der Waals surface area (Å²) in [7, 11) is 0. The van der Waals surface area contributed by atoms with Gasteiger partial charge in [-0.05, 0) is 37.2 Å². The van der Waals surface area contributed by atoms with Crippen LogP contribution in [0.5, 0.6) is 0 Å². The van der Waals surface area contributed by atoms with E-state index in [4.69, 9.17) is 0 Å². The molecule has 1 spiro atoms. The average molecular weight is 479 g/mol. The largest absolute Gasteiger partial charge is 0.342 e. The van der Waals surface area contributed by atoms with Gasteiger partial charge in [0.05, 0.1) is 17.1 Å². The molecule has 5 rings (SSSR count). The van der Waals surface area contributed by atoms with E-state index in [2.05, 4.69) is 51.2 Å². The van der Waals surface area contributed by atoms with E-state index in [0.29, 0.717) is 12.3 Å². The van der Waals surface area contributed by atoms with Gasteiger partial charge in [0.25, 0.3) is 0 Å². The maximum absolute atomic E-state index is 13.2. The quantitative estimate of drug-likeness (QED) is 0.638. The molecule has 0 N–H and O–H groups in total. The number of likely N-dealkylation sites (tertiary alicyclic amines) is 1. The Morgan fingerprint density at radius 2 is 1.79 bits per heavy atom. The Hall–Kier alpha value is -2.51. The molecular weight excluding hydrogens is 444 g/mol. The van der Waals surface area contributed by atoms with E-state index in [9.17, 15) is 9.59 Å². The number of aryl methyl sites for hydroxylation is 1. The summed E-state index contributed by atoms with van der Waals surface area (Å²) in [5.74, 6) is 0.675. The summed E-state index contributed by atoms with van der Waals surface area (Å²) in [6.07, 6.45) is 7.68. The predicted molar refractivity (Wildman–Crippen MR) is 135 cm³/mol. The predicted octanol–water partition coefficient (Wildman–Crippen LogP) is 3.48. The summed E-state index contributed by atoms with van der Waals surface area (Å²) in [4.78, 5) is 36.8. The number of benzene rings is 1. The highest BCUT2D eigenvalue weighted by molar-refractivity contribution is 7.09. The zero-order valence-corrected chi connectivity index (χ0v) is 20.8. The SMILES string of the molecule is Cc1nc(CC(=O)N2CCC3(CC2)CC3C(=O)N2CCN(CC=Cc3ccccc3)CC2)cs1. The van der Waals surface area contributed by atoms with E-state index in [-0.39, 0.29) is 17.2 Å². The van der Waals surface area contributed by atoms with Gasteiger partial charge in [-0.15, -0.1) is 11.3 Å². The maximum atomic E-state index is 13.2. The first-order chi connectivity index (χ1) is 16.5. The number of thiazole rings is 1. The smallest absolute Gasteiger partial charge is 0.228 e. The van der Waals surface area contributed by atoms with Crippen molar-refractivity contribution in [2.45, 2.75) is 32.6 Å². The molecule has 3 heterocycles. The highest BCUT2D eigenvalue weighted by Gasteiger charge is 2.59. The molecule has 2 aliphatic heterocycles. The van der Waals surface area contributed by atoms with E-state index in [0.717, 1.165) is 75.8 Å². The first kappa shape index (κ1) is 23.2. The van der Waals surface area contributed by atoms with Crippen LogP contribution in [0.25, 0.3) is 6.08 Å². The minimum Gasteiger partial charge on any atom is -0.342 e. The summed E-state index contributed by atoms with van der Waals surface area (Å²) in [6.45, 7) is 7.95. The second kappa shape index (κ2) is 10.0. The molecule has 2 saturated heterocycles. The third-order valence-corrected chi connectivity index (χ3v) is 8.58. The van der Waals surface area contributed by atoms with Crippen molar-refractivity contribution < 1.29 is 9.59 Å². The van der Waals surface area contributed by atoms with Crippen LogP contribution in [0.1, 0.15) is 35.5 Å². The van der Waals surface area contributed by atoms with Gasteiger partial charge in [0.1, 0.15) is 0 Å². The van der Waals surface area contributed by atoms with E-state index in [1.807, 2.05) is 23.3 Å². The van der Waals surface area contributed by atoms with E-state index >= 15 is 0 Å². The van der Waals surface area contributed by atoms with Gasteiger partial charge in [0.2, 0.25) is 11.8 Å². The maximum Gasteiger partial charge on any atom is 0.228 e. The van der Waals surface area contributed by atoms with Gasteiger partial charge in [0.15, 0.2) is 0 Å². The van der Waals surface area contributed by atoms with Crippen molar-refractivity contribution in [3.8, 4) is 0 Å². The molecule has 7 heteroatoms. The molecule has 3 fully saturated rings. The van der Waals surface area contributed by atoms with Crippen molar-refractivity contribution in [1.82, 2.24) is 19.7 Å². The summed E-state index contributed by atoms with van der Waals surface area (Å²) < 4.78 is 0. The van der Waals surface area contributed by atoms with E-state index in [1.54, 1.807) is 11.3 Å². The third-order valence-electron chi connectivity index (χ3n) is 7.76. The molecular formula is C27H34N4O2S. The van der Waals surface area contributed by atoms with Crippen molar-refractivity contribution in [3.63, 3.8) is 0 Å². The van der Waals surface area contributed by atoms with Gasteiger partial charge in [-0.3, -0.25) is 14.5 Å². The molecule has 2 aromatic rings. The fourth-order valence-corrected chi connectivity index (χ4v) is 6.09. The Bertz CT molecular complexity index is 1030. The van der Waals surface area contributed by atoms with Crippen molar-refractivity contribution in [2.75, 3.05) is 45.8 Å². The second-order valence-corrected chi connectivity index (χ2v) is 11.0. The molecule has 180 valence electrons. The number of nitrogens with zero attached hydrogens (tertiary/aromatic N) is 4. The Morgan fingerprint density at radius 1 is 1.06 bits per heavy atom. The van der Waals surface area contributed by atoms with Gasteiger partial charge >= 0.3 is 0 Å². The molecule has 34 heavy (non-hydrogen) atoms. The van der Waals surface area contributed by atoms with Crippen molar-refractivity contribution in [1.29, 1.82) is 0 Å². The Labute approximate surface area is 206 Å². The standard InChI is InChI=1S/C27H34N4O2S/c1-21-28-23(20-34-21)18-25(32)30-12-9-27(10-13-30)19-24(27)26(33)31-16-14-29(15-17-31)11-5-8-22-6-3-2-4-7-22/h2-8,20,24H,9-19H2,1H3. The highest BCUT2D eigenvalue weighted by Crippen LogP contribution is 2.60. The van der Waals surface area contributed by atoms with Crippen LogP contribution in [0.15, 0.2) is 41.8 Å². The summed E-state index contributed by atoms with van der Waals surface area (Å²) in [6, 6.07) is 10.4. The third kappa shape index (κ3) is 5.26. The Morgan fingerprint density at radius 3 is 2.47 bits per heavy atom. The van der Waals surface area contributed by atoms with Crippen LogP contribution in [0.4, 0.5) is 0 Å². The minimum absolute atomic E-state index is 0.140. The van der Waals surface area contributed by atoms with Crippen LogP contribution >= 0.6 is 11.3 Å². The van der Waals surface area contributed by atoms with Crippen molar-refractivity contribution in [2.24, 2.45) is 11.3 Å². The van der Waals surface area contributed by atoms with Crippen LogP contribution in [-0.2, 0) is 16.0 Å². The summed E-state index contributed by atoms with van der Waals surface area (Å²) >= 11 is 1.59. The molecule has 0 radical (unpaired) electrons. The fourth-order valence-electron chi connectivity index (χ4n) is 5.48. The summed E-state index contributed by atoms with van der Waals surface area (Å²) in [5.41, 5.74) is 2.24. The molecule has 1 saturated carbocycles. The van der Waals surface area contributed by atoms with Gasteiger partial charge in [-0.25, -0.2) is 4.98 Å². The number of amides is 2. The number of hydrogen-bond donors (Lipinski definition) is 0. The van der Waals surface area contributed by atoms with Crippen LogP contribution in [0.3, 0.4) is 0 Å². The molecule has 1 aromatic heterocycles. The van der Waals surface area contributed by atoms with Crippen molar-refractivity contribution in [3.05, 3.63) is 58.1 Å². The van der Waals surface area contributed by atoms with Gasteiger partial charge in [-0.2, -0.15) is 0 Å². The zero-order chi connectivity index (χ0) is 23.5. The Kier molecular flexibility index (Phi) is 6.84. The summed E-state index contributed by atoms with van der Waals surface area (Å²) in [5, 5.41) is 2.98. The topological polar surface area (TPSA) is 56.8 Å². The zero-order valence-electron chi connectivity index (χ0n) is 20.0. The van der Waals surface area contributed by atoms with Crippen LogP contribution < -0.4 is 0 Å². The van der Waals surface area contributed by atoms with Crippen LogP contribution in [0.2, 0.25) is 0 Å². The number of piperidine rings is 1. The molecule has 1 atom stereocenters. The lowest BCUT2D eigenvalue weighted by molar-refractivity contribution is -0.135. The number of piperazine rings is 1. The number of aromatic nitrogens is 1. The van der Waals surface area contributed by atoms with Crippen LogP contribution in [-0.4, -0.2) is 77.3 Å². The highest BCUT2D eigenvalue weighted by atomic mass is 32.1. The monoisotopic (exact) mass is 478 g/mol. The fraction of sp³-hybridized carbons (Fsp3) is 0.519. The van der Waals surface area contributed by atoms with E-state index in [1.165, 1.54) is 5.56 Å². The van der Waals surface area contributed by atoms with Gasteiger partial charge < -0.3 is 9.80 Å². The molecule has 6 nitrogen and oxygen atoms in total. The van der Waals surface area contributed by atoms with Crippen LogP contribution in [0, 0.1) is 18.3 Å². The van der Waals surface area contributed by atoms with Gasteiger partial charge in [0, 0.05) is 57.1 Å². The van der Waals surface area contributed by atoms with Gasteiger partial charge in [-0.1, -0.05) is 42.5 Å². The molecule has 0 bridgehead atoms. The lowest BCUT2D eigenvalue weighted by atomic mass is 9.90. The molecule has 2 amide bonds.